The first-order valence-corrected chi connectivity index (χ1v) is 6.72. The van der Waals surface area contributed by atoms with E-state index >= 15 is 0 Å². The standard InChI is InChI=1S/C15H21NO6/c1-9(5-13(17)18)8-16-15(19)10-6-11(20-2)14(22-4)12(7-10)21-3/h6-7,9H,5,8H2,1-4H3,(H,16,19)(H,17,18). The van der Waals surface area contributed by atoms with E-state index < -0.39 is 5.97 Å². The number of carboxylic acids is 1. The molecule has 1 atom stereocenters. The Balaban J connectivity index is 2.87. The van der Waals surface area contributed by atoms with Crippen LogP contribution in [-0.4, -0.2) is 44.9 Å². The maximum Gasteiger partial charge on any atom is 0.303 e. The summed E-state index contributed by atoms with van der Waals surface area (Å²) in [4.78, 5) is 22.8. The highest BCUT2D eigenvalue weighted by Gasteiger charge is 2.17. The molecule has 22 heavy (non-hydrogen) atoms. The van der Waals surface area contributed by atoms with Crippen LogP contribution in [0.1, 0.15) is 23.7 Å². The van der Waals surface area contributed by atoms with E-state index in [9.17, 15) is 9.59 Å². The lowest BCUT2D eigenvalue weighted by Crippen LogP contribution is -2.29. The van der Waals surface area contributed by atoms with Crippen molar-refractivity contribution in [3.8, 4) is 17.2 Å². The largest absolute Gasteiger partial charge is 0.493 e. The van der Waals surface area contributed by atoms with Gasteiger partial charge in [0.1, 0.15) is 0 Å². The lowest BCUT2D eigenvalue weighted by Gasteiger charge is -2.15. The number of benzene rings is 1. The van der Waals surface area contributed by atoms with Gasteiger partial charge in [-0.1, -0.05) is 6.92 Å². The van der Waals surface area contributed by atoms with Gasteiger partial charge in [-0.3, -0.25) is 9.59 Å². The maximum atomic E-state index is 12.2. The zero-order valence-corrected chi connectivity index (χ0v) is 13.1. The second-order valence-electron chi connectivity index (χ2n) is 4.83. The summed E-state index contributed by atoms with van der Waals surface area (Å²) >= 11 is 0. The van der Waals surface area contributed by atoms with E-state index in [0.717, 1.165) is 0 Å². The number of hydrogen-bond acceptors (Lipinski definition) is 5. The van der Waals surface area contributed by atoms with Gasteiger partial charge >= 0.3 is 5.97 Å². The molecular formula is C15H21NO6. The fourth-order valence-electron chi connectivity index (χ4n) is 1.95. The molecule has 0 spiro atoms. The molecule has 122 valence electrons. The number of amides is 1. The number of carbonyl (C=O) groups is 2. The molecule has 0 saturated carbocycles. The molecule has 0 saturated heterocycles. The summed E-state index contributed by atoms with van der Waals surface area (Å²) < 4.78 is 15.6. The molecule has 1 aromatic carbocycles. The van der Waals surface area contributed by atoms with Crippen molar-refractivity contribution in [3.05, 3.63) is 17.7 Å². The number of rotatable bonds is 8. The Morgan fingerprint density at radius 1 is 1.14 bits per heavy atom. The number of hydrogen-bond donors (Lipinski definition) is 2. The molecule has 0 aliphatic heterocycles. The van der Waals surface area contributed by atoms with Gasteiger partial charge in [-0.15, -0.1) is 0 Å². The molecule has 0 aliphatic carbocycles. The average Bonchev–Trinajstić information content (AvgIpc) is 2.50. The zero-order chi connectivity index (χ0) is 16.7. The second kappa shape index (κ2) is 8.11. The molecule has 0 heterocycles. The Bertz CT molecular complexity index is 518. The molecule has 0 aliphatic rings. The highest BCUT2D eigenvalue weighted by atomic mass is 16.5. The van der Waals surface area contributed by atoms with Crippen molar-refractivity contribution in [3.63, 3.8) is 0 Å². The van der Waals surface area contributed by atoms with Crippen LogP contribution in [0.3, 0.4) is 0 Å². The van der Waals surface area contributed by atoms with Crippen LogP contribution >= 0.6 is 0 Å². The van der Waals surface area contributed by atoms with Gasteiger partial charge < -0.3 is 24.6 Å². The molecule has 0 bridgehead atoms. The normalized spacial score (nSPS) is 11.5. The van der Waals surface area contributed by atoms with E-state index in [1.165, 1.54) is 21.3 Å². The van der Waals surface area contributed by atoms with E-state index in [2.05, 4.69) is 5.32 Å². The topological polar surface area (TPSA) is 94.1 Å². The van der Waals surface area contributed by atoms with Crippen LogP contribution in [0.2, 0.25) is 0 Å². The monoisotopic (exact) mass is 311 g/mol. The zero-order valence-electron chi connectivity index (χ0n) is 13.1. The van der Waals surface area contributed by atoms with Crippen LogP contribution in [0.5, 0.6) is 17.2 Å². The first-order chi connectivity index (χ1) is 10.4. The number of carboxylic acid groups (broad SMARTS) is 1. The van der Waals surface area contributed by atoms with Gasteiger partial charge in [0, 0.05) is 18.5 Å². The third-order valence-corrected chi connectivity index (χ3v) is 3.06. The third-order valence-electron chi connectivity index (χ3n) is 3.06. The lowest BCUT2D eigenvalue weighted by molar-refractivity contribution is -0.137. The number of nitrogens with one attached hydrogen (secondary N) is 1. The fourth-order valence-corrected chi connectivity index (χ4v) is 1.95. The van der Waals surface area contributed by atoms with E-state index in [0.29, 0.717) is 22.8 Å². The van der Waals surface area contributed by atoms with Crippen LogP contribution in [0.15, 0.2) is 12.1 Å². The molecule has 2 N–H and O–H groups in total. The summed E-state index contributed by atoms with van der Waals surface area (Å²) in [5.74, 6) is -0.230. The van der Waals surface area contributed by atoms with Crippen molar-refractivity contribution in [1.29, 1.82) is 0 Å². The Hall–Kier alpha value is -2.44. The molecule has 0 radical (unpaired) electrons. The van der Waals surface area contributed by atoms with E-state index in [1.807, 2.05) is 0 Å². The molecule has 1 rings (SSSR count). The van der Waals surface area contributed by atoms with Crippen molar-refractivity contribution >= 4 is 11.9 Å². The van der Waals surface area contributed by atoms with Gasteiger partial charge in [0.2, 0.25) is 5.75 Å². The molecular weight excluding hydrogens is 290 g/mol. The van der Waals surface area contributed by atoms with Crippen LogP contribution in [0.4, 0.5) is 0 Å². The summed E-state index contributed by atoms with van der Waals surface area (Å²) in [6.45, 7) is 2.02. The number of carbonyl (C=O) groups excluding carboxylic acids is 1. The fraction of sp³-hybridized carbons (Fsp3) is 0.467. The minimum Gasteiger partial charge on any atom is -0.493 e. The molecule has 1 amide bonds. The molecule has 1 unspecified atom stereocenters. The van der Waals surface area contributed by atoms with Crippen LogP contribution in [0.25, 0.3) is 0 Å². The van der Waals surface area contributed by atoms with Gasteiger partial charge in [-0.25, -0.2) is 0 Å². The lowest BCUT2D eigenvalue weighted by atomic mass is 10.1. The SMILES string of the molecule is COc1cc(C(=O)NCC(C)CC(=O)O)cc(OC)c1OC. The van der Waals surface area contributed by atoms with Crippen molar-refractivity contribution in [1.82, 2.24) is 5.32 Å². The van der Waals surface area contributed by atoms with Gasteiger partial charge in [0.25, 0.3) is 5.91 Å². The Morgan fingerprint density at radius 2 is 1.68 bits per heavy atom. The third kappa shape index (κ3) is 4.54. The van der Waals surface area contributed by atoms with Crippen molar-refractivity contribution < 1.29 is 28.9 Å². The maximum absolute atomic E-state index is 12.2. The molecule has 0 fully saturated rings. The number of aliphatic carboxylic acids is 1. The Morgan fingerprint density at radius 3 is 2.09 bits per heavy atom. The van der Waals surface area contributed by atoms with Gasteiger partial charge in [0.15, 0.2) is 11.5 Å². The van der Waals surface area contributed by atoms with Crippen LogP contribution in [-0.2, 0) is 4.79 Å². The first-order valence-electron chi connectivity index (χ1n) is 6.72. The molecule has 0 aromatic heterocycles. The quantitative estimate of drug-likeness (QED) is 0.756. The predicted octanol–water partition coefficient (Wildman–Crippen LogP) is 1.55. The molecule has 7 nitrogen and oxygen atoms in total. The van der Waals surface area contributed by atoms with Crippen molar-refractivity contribution in [2.24, 2.45) is 5.92 Å². The van der Waals surface area contributed by atoms with Crippen molar-refractivity contribution in [2.75, 3.05) is 27.9 Å². The smallest absolute Gasteiger partial charge is 0.303 e. The average molecular weight is 311 g/mol. The Labute approximate surface area is 129 Å². The second-order valence-corrected chi connectivity index (χ2v) is 4.83. The summed E-state index contributed by atoms with van der Waals surface area (Å²) in [7, 11) is 4.41. The molecule has 1 aromatic rings. The van der Waals surface area contributed by atoms with E-state index in [1.54, 1.807) is 19.1 Å². The number of ether oxygens (including phenoxy) is 3. The van der Waals surface area contributed by atoms with Crippen molar-refractivity contribution in [2.45, 2.75) is 13.3 Å². The van der Waals surface area contributed by atoms with Gasteiger partial charge in [0.05, 0.1) is 21.3 Å². The van der Waals surface area contributed by atoms with E-state index in [4.69, 9.17) is 19.3 Å². The van der Waals surface area contributed by atoms with Crippen LogP contribution < -0.4 is 19.5 Å². The Kier molecular flexibility index (Phi) is 6.49. The van der Waals surface area contributed by atoms with E-state index in [-0.39, 0.29) is 24.8 Å². The minimum atomic E-state index is -0.894. The molecule has 7 heteroatoms. The minimum absolute atomic E-state index is 0.00443. The summed E-state index contributed by atoms with van der Waals surface area (Å²) in [6.07, 6.45) is -0.00443. The first kappa shape index (κ1) is 17.6. The summed E-state index contributed by atoms with van der Waals surface area (Å²) in [5.41, 5.74) is 0.344. The van der Waals surface area contributed by atoms with Gasteiger partial charge in [-0.05, 0) is 18.1 Å². The highest BCUT2D eigenvalue weighted by Crippen LogP contribution is 2.38. The summed E-state index contributed by atoms with van der Waals surface area (Å²) in [5, 5.41) is 11.4. The highest BCUT2D eigenvalue weighted by molar-refractivity contribution is 5.95. The predicted molar refractivity (Wildman–Crippen MR) is 79.8 cm³/mol. The number of methoxy groups -OCH3 is 3. The van der Waals surface area contributed by atoms with Crippen LogP contribution in [0, 0.1) is 5.92 Å². The van der Waals surface area contributed by atoms with Gasteiger partial charge in [-0.2, -0.15) is 0 Å². The summed E-state index contributed by atoms with van der Waals surface area (Å²) in [6, 6.07) is 3.08.